The van der Waals surface area contributed by atoms with Gasteiger partial charge in [0.25, 0.3) is 5.91 Å². The molecule has 322 valence electrons. The summed E-state index contributed by atoms with van der Waals surface area (Å²) < 4.78 is 60.4. The number of aromatic nitrogens is 1. The van der Waals surface area contributed by atoms with Gasteiger partial charge < -0.3 is 33.9 Å². The molecule has 5 unspecified atom stereocenters. The number of nitrogens with zero attached hydrogens (tertiary/aromatic N) is 4. The highest BCUT2D eigenvalue weighted by Gasteiger charge is 2.54. The maximum Gasteiger partial charge on any atom is 0.408 e. The third-order valence-electron chi connectivity index (χ3n) is 10.1. The van der Waals surface area contributed by atoms with E-state index in [2.05, 4.69) is 10.3 Å². The fourth-order valence-corrected chi connectivity index (χ4v) is 7.85. The minimum absolute atomic E-state index is 0.0177. The standard InChI is InChI=1S/C39H56ClN5O12S/c1-11-22-17-27(22)45(37(49)43(8)58(50,51)57-23-15-16-23)34(46)28-18-24(20-44(28)35(47)33(38(2,3)4)42-36(48)56-39(5,6)7)55-29-19-30(54-21-31(52-9)53-10)41-32-25(29)13-12-14-26(32)40/h12-14,19,22-24,27-28,31,33H,11,15-18,20-21H2,1-10H3,(H,42,48). The Kier molecular flexibility index (Phi) is 13.8. The van der Waals surface area contributed by atoms with E-state index in [1.165, 1.54) is 19.1 Å². The maximum absolute atomic E-state index is 14.9. The number of rotatable bonds is 15. The highest BCUT2D eigenvalue weighted by atomic mass is 35.5. The Labute approximate surface area is 345 Å². The van der Waals surface area contributed by atoms with Gasteiger partial charge in [-0.25, -0.2) is 18.9 Å². The van der Waals surface area contributed by atoms with Crippen LogP contribution < -0.4 is 14.8 Å². The number of imide groups is 1. The van der Waals surface area contributed by atoms with Crippen LogP contribution in [0.4, 0.5) is 9.59 Å². The number of hydrogen-bond acceptors (Lipinski definition) is 13. The number of para-hydroxylation sites is 1. The van der Waals surface area contributed by atoms with E-state index < -0.39 is 81.9 Å². The predicted octanol–water partition coefficient (Wildman–Crippen LogP) is 5.28. The Bertz CT molecular complexity index is 1960. The maximum atomic E-state index is 14.9. The van der Waals surface area contributed by atoms with Gasteiger partial charge in [0.1, 0.15) is 36.1 Å². The third kappa shape index (κ3) is 10.8. The molecule has 1 saturated heterocycles. The summed E-state index contributed by atoms with van der Waals surface area (Å²) in [6.07, 6.45) is -0.889. The van der Waals surface area contributed by atoms with Gasteiger partial charge in [0, 0.05) is 45.2 Å². The number of carbonyl (C=O) groups excluding carboxylic acids is 4. The number of ether oxygens (including phenoxy) is 5. The van der Waals surface area contributed by atoms with Crippen LogP contribution in [-0.4, -0.2) is 128 Å². The first-order valence-corrected chi connectivity index (χ1v) is 21.1. The Hall–Kier alpha value is -3.97. The molecule has 2 saturated carbocycles. The van der Waals surface area contributed by atoms with Crippen molar-refractivity contribution in [3.63, 3.8) is 0 Å². The van der Waals surface area contributed by atoms with Crippen LogP contribution in [0.3, 0.4) is 0 Å². The number of likely N-dealkylation sites (tertiary alicyclic amines) is 1. The van der Waals surface area contributed by atoms with Gasteiger partial charge in [-0.05, 0) is 63.5 Å². The Morgan fingerprint density at radius 1 is 1.03 bits per heavy atom. The first-order valence-electron chi connectivity index (χ1n) is 19.4. The zero-order valence-electron chi connectivity index (χ0n) is 34.8. The van der Waals surface area contributed by atoms with E-state index in [4.69, 9.17) is 39.5 Å². The molecule has 1 aromatic heterocycles. The second-order valence-corrected chi connectivity index (χ2v) is 18.9. The lowest BCUT2D eigenvalue weighted by atomic mass is 9.85. The number of hydrogen-bond donors (Lipinski definition) is 1. The molecule has 1 aliphatic heterocycles. The van der Waals surface area contributed by atoms with Crippen molar-refractivity contribution in [3.8, 4) is 11.6 Å². The smallest absolute Gasteiger partial charge is 0.408 e. The first-order chi connectivity index (χ1) is 27.1. The number of fused-ring (bicyclic) bond motifs is 1. The molecule has 5 rings (SSSR count). The summed E-state index contributed by atoms with van der Waals surface area (Å²) >= 11 is 6.58. The fraction of sp³-hybridized carbons (Fsp3) is 0.667. The number of benzene rings is 1. The highest BCUT2D eigenvalue weighted by Crippen LogP contribution is 2.41. The molecular weight excluding hydrogens is 798 g/mol. The van der Waals surface area contributed by atoms with Crippen LogP contribution in [0.5, 0.6) is 11.6 Å². The van der Waals surface area contributed by atoms with Crippen molar-refractivity contribution in [2.45, 2.75) is 123 Å². The molecule has 2 aliphatic carbocycles. The SMILES string of the molecule is CCC1CC1N(C(=O)C1CC(Oc2cc(OCC(OC)OC)nc3c(Cl)cccc23)CN1C(=O)C(NC(=O)OC(C)(C)C)C(C)(C)C)C(=O)N(C)S(=O)(=O)OC1CC1. The van der Waals surface area contributed by atoms with Gasteiger partial charge in [0.2, 0.25) is 11.8 Å². The van der Waals surface area contributed by atoms with Crippen LogP contribution in [0.2, 0.25) is 5.02 Å². The average Bonchev–Trinajstić information content (AvgIpc) is 4.07. The highest BCUT2D eigenvalue weighted by molar-refractivity contribution is 7.84. The molecular formula is C39H56ClN5O12S. The molecule has 1 aromatic carbocycles. The minimum Gasteiger partial charge on any atom is -0.488 e. The van der Waals surface area contributed by atoms with Gasteiger partial charge in [0.05, 0.1) is 23.2 Å². The Balaban J connectivity index is 1.53. The largest absolute Gasteiger partial charge is 0.488 e. The average molecular weight is 854 g/mol. The number of nitrogens with one attached hydrogen (secondary N) is 1. The Morgan fingerprint density at radius 3 is 2.28 bits per heavy atom. The minimum atomic E-state index is -4.53. The van der Waals surface area contributed by atoms with Gasteiger partial charge in [0.15, 0.2) is 6.29 Å². The quantitative estimate of drug-likeness (QED) is 0.228. The number of pyridine rings is 1. The number of methoxy groups -OCH3 is 2. The summed E-state index contributed by atoms with van der Waals surface area (Å²) in [5.41, 5.74) is -1.39. The van der Waals surface area contributed by atoms with Crippen LogP contribution >= 0.6 is 11.6 Å². The molecule has 2 aromatic rings. The molecule has 3 fully saturated rings. The van der Waals surface area contributed by atoms with Crippen LogP contribution in [-0.2, 0) is 38.3 Å². The van der Waals surface area contributed by atoms with Crippen molar-refractivity contribution in [3.05, 3.63) is 29.3 Å². The number of alkyl carbamates (subject to hydrolysis) is 1. The zero-order valence-corrected chi connectivity index (χ0v) is 36.3. The van der Waals surface area contributed by atoms with Crippen molar-refractivity contribution in [2.24, 2.45) is 11.3 Å². The van der Waals surface area contributed by atoms with E-state index >= 15 is 0 Å². The molecule has 5 atom stereocenters. The topological polar surface area (TPSA) is 192 Å². The molecule has 1 N–H and O–H groups in total. The van der Waals surface area contributed by atoms with E-state index in [0.717, 1.165) is 11.9 Å². The first kappa shape index (κ1) is 45.1. The van der Waals surface area contributed by atoms with E-state index in [1.54, 1.807) is 65.8 Å². The molecule has 3 aliphatic rings. The van der Waals surface area contributed by atoms with Gasteiger partial charge in [-0.1, -0.05) is 51.8 Å². The number of halogens is 1. The van der Waals surface area contributed by atoms with Gasteiger partial charge in [-0.15, -0.1) is 0 Å². The molecule has 5 amide bonds. The molecule has 58 heavy (non-hydrogen) atoms. The van der Waals surface area contributed by atoms with Gasteiger partial charge in [-0.2, -0.15) is 8.42 Å². The monoisotopic (exact) mass is 853 g/mol. The van der Waals surface area contributed by atoms with Crippen LogP contribution in [0.1, 0.15) is 80.6 Å². The summed E-state index contributed by atoms with van der Waals surface area (Å²) in [4.78, 5) is 63.8. The van der Waals surface area contributed by atoms with Crippen molar-refractivity contribution in [2.75, 3.05) is 34.4 Å². The van der Waals surface area contributed by atoms with E-state index in [9.17, 15) is 27.6 Å². The number of urea groups is 1. The lowest BCUT2D eigenvalue weighted by Crippen LogP contribution is -2.60. The summed E-state index contributed by atoms with van der Waals surface area (Å²) in [5, 5.41) is 3.53. The number of carbonyl (C=O) groups is 4. The van der Waals surface area contributed by atoms with E-state index in [-0.39, 0.29) is 37.1 Å². The van der Waals surface area contributed by atoms with E-state index in [1.807, 2.05) is 6.92 Å². The second kappa shape index (κ2) is 17.7. The Morgan fingerprint density at radius 2 is 1.71 bits per heavy atom. The van der Waals surface area contributed by atoms with Crippen LogP contribution in [0.15, 0.2) is 24.3 Å². The lowest BCUT2D eigenvalue weighted by molar-refractivity contribution is -0.145. The van der Waals surface area contributed by atoms with Crippen molar-refractivity contribution in [1.29, 1.82) is 0 Å². The molecule has 17 nitrogen and oxygen atoms in total. The second-order valence-electron chi connectivity index (χ2n) is 16.9. The van der Waals surface area contributed by atoms with Gasteiger partial charge >= 0.3 is 22.4 Å². The molecule has 2 heterocycles. The number of amides is 5. The fourth-order valence-electron chi connectivity index (χ4n) is 6.69. The van der Waals surface area contributed by atoms with Crippen LogP contribution in [0, 0.1) is 11.3 Å². The third-order valence-corrected chi connectivity index (χ3v) is 11.7. The molecule has 19 heteroatoms. The lowest BCUT2D eigenvalue weighted by Gasteiger charge is -2.37. The van der Waals surface area contributed by atoms with Crippen LogP contribution in [0.25, 0.3) is 10.9 Å². The van der Waals surface area contributed by atoms with Crippen molar-refractivity contribution in [1.82, 2.24) is 24.4 Å². The summed E-state index contributed by atoms with van der Waals surface area (Å²) in [7, 11) is -0.551. The molecule has 0 spiro atoms. The molecule has 0 bridgehead atoms. The van der Waals surface area contributed by atoms with Gasteiger partial charge in [-0.3, -0.25) is 18.7 Å². The normalized spacial score (nSPS) is 21.4. The van der Waals surface area contributed by atoms with E-state index in [0.29, 0.717) is 45.9 Å². The molecule has 0 radical (unpaired) electrons. The zero-order chi connectivity index (χ0) is 42.9. The summed E-state index contributed by atoms with van der Waals surface area (Å²) in [5.74, 6) is -1.09. The summed E-state index contributed by atoms with van der Waals surface area (Å²) in [6.45, 7) is 12.1. The summed E-state index contributed by atoms with van der Waals surface area (Å²) in [6, 6.07) is 2.45. The van der Waals surface area contributed by atoms with Crippen molar-refractivity contribution >= 4 is 56.7 Å². The predicted molar refractivity (Wildman–Crippen MR) is 212 cm³/mol. The van der Waals surface area contributed by atoms with Crippen molar-refractivity contribution < 1.29 is 55.5 Å².